The highest BCUT2D eigenvalue weighted by atomic mass is 32.2. The molecule has 12 heteroatoms. The summed E-state index contributed by atoms with van der Waals surface area (Å²) >= 11 is 0. The third kappa shape index (κ3) is 36.5. The van der Waals surface area contributed by atoms with Crippen molar-refractivity contribution in [3.05, 3.63) is 144 Å². The summed E-state index contributed by atoms with van der Waals surface area (Å²) in [7, 11) is 2.04. The van der Waals surface area contributed by atoms with Crippen LogP contribution < -0.4 is 10.6 Å². The van der Waals surface area contributed by atoms with Crippen molar-refractivity contribution in [3.63, 3.8) is 0 Å². The highest BCUT2D eigenvalue weighted by Gasteiger charge is 2.20. The first-order valence-corrected chi connectivity index (χ1v) is 18.9. The molecule has 0 spiro atoms. The van der Waals surface area contributed by atoms with Crippen molar-refractivity contribution >= 4 is 33.6 Å². The maximum atomic E-state index is 11.8. The summed E-state index contributed by atoms with van der Waals surface area (Å²) in [6, 6.07) is 36.2. The highest BCUT2D eigenvalue weighted by molar-refractivity contribution is 7.89. The quantitative estimate of drug-likeness (QED) is 0.160. The van der Waals surface area contributed by atoms with Crippen LogP contribution in [-0.4, -0.2) is 81.7 Å². The molecular formula is C42H60N2O9S. The number of carbonyl (C=O) groups excluding carboxylic acids is 2. The minimum absolute atomic E-state index is 0.0156. The summed E-state index contributed by atoms with van der Waals surface area (Å²) in [6.07, 6.45) is 2.32. The number of aromatic carboxylic acids is 2. The number of rotatable bonds is 4. The Morgan fingerprint density at radius 3 is 0.907 bits per heavy atom. The van der Waals surface area contributed by atoms with Crippen LogP contribution >= 0.6 is 0 Å². The van der Waals surface area contributed by atoms with Gasteiger partial charge < -0.3 is 25.6 Å². The van der Waals surface area contributed by atoms with Crippen LogP contribution in [0.1, 0.15) is 89.9 Å². The highest BCUT2D eigenvalue weighted by Crippen LogP contribution is 2.11. The van der Waals surface area contributed by atoms with Crippen molar-refractivity contribution < 1.29 is 42.5 Å². The molecular weight excluding hydrogens is 709 g/mol. The third-order valence-corrected chi connectivity index (χ3v) is 4.85. The van der Waals surface area contributed by atoms with Gasteiger partial charge in [0, 0.05) is 39.3 Å². The van der Waals surface area contributed by atoms with Crippen LogP contribution in [0.4, 0.5) is 0 Å². The van der Waals surface area contributed by atoms with E-state index >= 15 is 0 Å². The van der Waals surface area contributed by atoms with E-state index in [1.807, 2.05) is 93.6 Å². The van der Waals surface area contributed by atoms with E-state index in [4.69, 9.17) is 10.2 Å². The topological polar surface area (TPSA) is 176 Å². The number of carboxylic acids is 2. The van der Waals surface area contributed by atoms with E-state index in [1.54, 1.807) is 38.5 Å². The third-order valence-electron chi connectivity index (χ3n) is 4.85. The molecule has 4 aromatic rings. The van der Waals surface area contributed by atoms with Gasteiger partial charge in [0.05, 0.1) is 22.3 Å². The summed E-state index contributed by atoms with van der Waals surface area (Å²) in [5.74, 6) is -2.96. The largest absolute Gasteiger partial charge is 0.478 e. The Morgan fingerprint density at radius 1 is 0.519 bits per heavy atom. The normalized spacial score (nSPS) is 9.78. The van der Waals surface area contributed by atoms with Gasteiger partial charge in [0.2, 0.25) is 0 Å². The average molecular weight is 769 g/mol. The molecule has 0 aliphatic heterocycles. The molecule has 0 atom stereocenters. The fourth-order valence-electron chi connectivity index (χ4n) is 3.05. The molecule has 54 heavy (non-hydrogen) atoms. The van der Waals surface area contributed by atoms with Gasteiger partial charge in [-0.2, -0.15) is 0 Å². The maximum Gasteiger partial charge on any atom is 0.336 e. The predicted octanol–water partition coefficient (Wildman–Crippen LogP) is 8.01. The van der Waals surface area contributed by atoms with Gasteiger partial charge in [0.1, 0.15) is 9.84 Å². The summed E-state index contributed by atoms with van der Waals surface area (Å²) < 4.78 is 23.5. The zero-order valence-electron chi connectivity index (χ0n) is 33.7. The first-order valence-electron chi connectivity index (χ1n) is 16.6. The van der Waals surface area contributed by atoms with Crippen molar-refractivity contribution in [2.24, 2.45) is 5.41 Å². The number of carboxylic acid groups (broad SMARTS) is 2. The first-order chi connectivity index (χ1) is 24.9. The lowest BCUT2D eigenvalue weighted by Crippen LogP contribution is -2.41. The van der Waals surface area contributed by atoms with Crippen LogP contribution in [0.3, 0.4) is 0 Å². The molecule has 0 aromatic heterocycles. The van der Waals surface area contributed by atoms with Crippen molar-refractivity contribution in [1.82, 2.24) is 10.6 Å². The van der Waals surface area contributed by atoms with Gasteiger partial charge in [0.15, 0.2) is 0 Å². The van der Waals surface area contributed by atoms with Crippen LogP contribution in [0.5, 0.6) is 0 Å². The molecule has 4 rings (SSSR count). The lowest BCUT2D eigenvalue weighted by Gasteiger charge is -2.21. The number of amides is 2. The molecule has 4 N–H and O–H groups in total. The van der Waals surface area contributed by atoms with Crippen LogP contribution in [0.25, 0.3) is 0 Å². The van der Waals surface area contributed by atoms with E-state index in [1.165, 1.54) is 31.3 Å². The molecule has 0 unspecified atom stereocenters. The molecule has 11 nitrogen and oxygen atoms in total. The van der Waals surface area contributed by atoms with Gasteiger partial charge >= 0.3 is 11.9 Å². The SMILES string of the molecule is CC(C)(C)C.CC(C)(C)NC(=O)c1ccccc1C(=O)O.CNC(=O)c1ccccc1C(=O)O.COC.CS(C)(=O)=O.c1ccccc1.c1ccccc1. The zero-order chi connectivity index (χ0) is 42.4. The van der Waals surface area contributed by atoms with Crippen LogP contribution in [0.15, 0.2) is 121 Å². The predicted molar refractivity (Wildman–Crippen MR) is 219 cm³/mol. The van der Waals surface area contributed by atoms with Gasteiger partial charge in [0.25, 0.3) is 11.8 Å². The zero-order valence-corrected chi connectivity index (χ0v) is 34.5. The minimum atomic E-state index is -2.67. The van der Waals surface area contributed by atoms with E-state index in [0.29, 0.717) is 5.41 Å². The standard InChI is InChI=1S/C12H15NO3.C9H9NO3.2C6H6.C5H12.C2H6O2S.C2H6O/c1-12(2,3)13-10(14)8-6-4-5-7-9(8)11(15)16;1-10-8(11)6-4-2-3-5-7(6)9(12)13;2*1-2-4-6-5-3-1;2*1-5(2,3)4;1-3-2/h4-7H,1-3H3,(H,13,14)(H,15,16);2-5H,1H3,(H,10,11)(H,12,13);2*1-6H;1-4H3;1-2H3;1-2H3. The van der Waals surface area contributed by atoms with Gasteiger partial charge in [-0.1, -0.05) is 125 Å². The number of hydrogen-bond donors (Lipinski definition) is 4. The Bertz CT molecular complexity index is 1620. The Balaban J connectivity index is -0.000000607. The van der Waals surface area contributed by atoms with Gasteiger partial charge in [-0.05, 0) is 50.5 Å². The van der Waals surface area contributed by atoms with E-state index in [2.05, 4.69) is 43.1 Å². The van der Waals surface area contributed by atoms with Crippen molar-refractivity contribution in [2.75, 3.05) is 33.8 Å². The molecule has 0 radical (unpaired) electrons. The van der Waals surface area contributed by atoms with Crippen LogP contribution in [-0.2, 0) is 14.6 Å². The number of sulfone groups is 1. The van der Waals surface area contributed by atoms with Crippen molar-refractivity contribution in [1.29, 1.82) is 0 Å². The molecule has 0 saturated carbocycles. The number of benzene rings is 4. The molecule has 0 bridgehead atoms. The number of methoxy groups -OCH3 is 1. The molecule has 0 aliphatic rings. The summed E-state index contributed by atoms with van der Waals surface area (Å²) in [6.45, 7) is 14.3. The number of carbonyl (C=O) groups is 4. The monoisotopic (exact) mass is 768 g/mol. The summed E-state index contributed by atoms with van der Waals surface area (Å²) in [4.78, 5) is 44.5. The molecule has 0 saturated heterocycles. The Kier molecular flexibility index (Phi) is 28.6. The smallest absolute Gasteiger partial charge is 0.336 e. The Labute approximate surface area is 322 Å². The fourth-order valence-corrected chi connectivity index (χ4v) is 3.05. The van der Waals surface area contributed by atoms with Crippen molar-refractivity contribution in [2.45, 2.75) is 54.0 Å². The maximum absolute atomic E-state index is 11.8. The van der Waals surface area contributed by atoms with E-state index < -0.39 is 27.7 Å². The summed E-state index contributed by atoms with van der Waals surface area (Å²) in [5, 5.41) is 22.8. The second kappa shape index (κ2) is 29.2. The lowest BCUT2D eigenvalue weighted by atomic mass is 10.0. The number of ether oxygens (including phenoxy) is 1. The molecule has 0 aliphatic carbocycles. The van der Waals surface area contributed by atoms with Crippen LogP contribution in [0.2, 0.25) is 0 Å². The molecule has 4 aromatic carbocycles. The van der Waals surface area contributed by atoms with E-state index in [9.17, 15) is 27.6 Å². The molecule has 298 valence electrons. The first kappa shape index (κ1) is 53.0. The van der Waals surface area contributed by atoms with Crippen LogP contribution in [0, 0.1) is 5.41 Å². The lowest BCUT2D eigenvalue weighted by molar-refractivity contribution is 0.0682. The number of hydrogen-bond acceptors (Lipinski definition) is 7. The second-order valence-electron chi connectivity index (χ2n) is 13.8. The van der Waals surface area contributed by atoms with E-state index in [0.717, 1.165) is 12.5 Å². The van der Waals surface area contributed by atoms with Gasteiger partial charge in [-0.15, -0.1) is 0 Å². The van der Waals surface area contributed by atoms with Gasteiger partial charge in [-0.25, -0.2) is 18.0 Å². The van der Waals surface area contributed by atoms with Gasteiger partial charge in [-0.3, -0.25) is 9.59 Å². The Morgan fingerprint density at radius 2 is 0.722 bits per heavy atom. The fraction of sp³-hybridized carbons (Fsp3) is 0.333. The molecule has 2 amide bonds. The minimum Gasteiger partial charge on any atom is -0.478 e. The Hall–Kier alpha value is -5.33. The summed E-state index contributed by atoms with van der Waals surface area (Å²) in [5.41, 5.74) is 0.511. The average Bonchev–Trinajstić information content (AvgIpc) is 3.08. The van der Waals surface area contributed by atoms with Crippen molar-refractivity contribution in [3.8, 4) is 0 Å². The number of nitrogens with one attached hydrogen (secondary N) is 2. The van der Waals surface area contributed by atoms with E-state index in [-0.39, 0.29) is 33.7 Å². The molecule has 0 fully saturated rings. The second-order valence-corrected chi connectivity index (χ2v) is 16.1. The molecule has 0 heterocycles.